The molecule has 6 heteroatoms. The maximum atomic E-state index is 12.8. The second kappa shape index (κ2) is 6.22. The van der Waals surface area contributed by atoms with Gasteiger partial charge in [-0.25, -0.2) is 4.21 Å². The van der Waals surface area contributed by atoms with Crippen LogP contribution >= 0.6 is 45.3 Å². The van der Waals surface area contributed by atoms with Gasteiger partial charge in [0.15, 0.2) is 0 Å². The molecule has 4 heterocycles. The minimum absolute atomic E-state index is 0.919. The first-order chi connectivity index (χ1) is 10.8. The summed E-state index contributed by atoms with van der Waals surface area (Å²) in [4.78, 5) is 4.85. The van der Waals surface area contributed by atoms with Crippen LogP contribution in [0.15, 0.2) is 67.7 Å². The second-order valence-electron chi connectivity index (χ2n) is 4.46. The zero-order valence-electron chi connectivity index (χ0n) is 11.2. The van der Waals surface area contributed by atoms with E-state index in [2.05, 4.69) is 35.0 Å². The van der Waals surface area contributed by atoms with E-state index in [0.717, 1.165) is 8.42 Å². The first-order valence-electron chi connectivity index (χ1n) is 6.50. The van der Waals surface area contributed by atoms with Crippen LogP contribution in [0.5, 0.6) is 0 Å². The quantitative estimate of drug-likeness (QED) is 0.400. The predicted molar refractivity (Wildman–Crippen MR) is 99.9 cm³/mol. The van der Waals surface area contributed by atoms with E-state index in [1.807, 2.05) is 24.3 Å². The van der Waals surface area contributed by atoms with Crippen LogP contribution in [0, 0.1) is 0 Å². The van der Waals surface area contributed by atoms with Crippen LogP contribution in [0.25, 0.3) is 19.5 Å². The van der Waals surface area contributed by atoms with Gasteiger partial charge in [-0.05, 0) is 47.2 Å². The van der Waals surface area contributed by atoms with E-state index in [1.165, 1.54) is 19.5 Å². The summed E-state index contributed by atoms with van der Waals surface area (Å²) in [5, 5.41) is 4.14. The second-order valence-corrected chi connectivity index (χ2v) is 10.5. The Balaban J connectivity index is 1.62. The first-order valence-corrected chi connectivity index (χ1v) is 11.0. The monoisotopic (exact) mass is 378 g/mol. The van der Waals surface area contributed by atoms with Gasteiger partial charge in [0.05, 0.1) is 8.42 Å². The van der Waals surface area contributed by atoms with Gasteiger partial charge in [0.2, 0.25) is 0 Å². The molecule has 0 spiro atoms. The molecule has 1 nitrogen and oxygen atoms in total. The van der Waals surface area contributed by atoms with Crippen molar-refractivity contribution < 1.29 is 4.21 Å². The number of hydrogen-bond acceptors (Lipinski definition) is 5. The highest BCUT2D eigenvalue weighted by Crippen LogP contribution is 2.38. The van der Waals surface area contributed by atoms with Gasteiger partial charge in [-0.15, -0.1) is 45.3 Å². The topological polar surface area (TPSA) is 17.1 Å². The highest BCUT2D eigenvalue weighted by Gasteiger charge is 2.14. The Kier molecular flexibility index (Phi) is 4.11. The summed E-state index contributed by atoms with van der Waals surface area (Å²) in [6.07, 6.45) is 0. The molecule has 0 atom stereocenters. The third-order valence-corrected chi connectivity index (χ3v) is 9.36. The third-order valence-electron chi connectivity index (χ3n) is 3.06. The fourth-order valence-electron chi connectivity index (χ4n) is 2.04. The fourth-order valence-corrected chi connectivity index (χ4v) is 7.61. The minimum Gasteiger partial charge on any atom is -0.247 e. The van der Waals surface area contributed by atoms with Gasteiger partial charge >= 0.3 is 0 Å². The summed E-state index contributed by atoms with van der Waals surface area (Å²) in [6, 6.07) is 16.4. The molecular formula is C16H10OS5. The van der Waals surface area contributed by atoms with Gasteiger partial charge in [0.25, 0.3) is 0 Å². The molecule has 4 aromatic heterocycles. The summed E-state index contributed by atoms with van der Waals surface area (Å²) >= 11 is 6.67. The zero-order valence-corrected chi connectivity index (χ0v) is 15.3. The number of hydrogen-bond donors (Lipinski definition) is 0. The van der Waals surface area contributed by atoms with Crippen LogP contribution < -0.4 is 0 Å². The van der Waals surface area contributed by atoms with E-state index in [9.17, 15) is 4.21 Å². The Labute approximate surface area is 147 Å². The molecule has 0 bridgehead atoms. The molecular weight excluding hydrogens is 369 g/mol. The van der Waals surface area contributed by atoms with Crippen LogP contribution in [0.3, 0.4) is 0 Å². The molecule has 0 aromatic carbocycles. The van der Waals surface area contributed by atoms with Crippen LogP contribution in [0.4, 0.5) is 0 Å². The predicted octanol–water partition coefficient (Wildman–Crippen LogP) is 6.43. The molecule has 0 saturated carbocycles. The molecule has 4 aromatic rings. The Hall–Kier alpha value is -1.05. The van der Waals surface area contributed by atoms with Gasteiger partial charge in [-0.2, -0.15) is 0 Å². The average molecular weight is 379 g/mol. The van der Waals surface area contributed by atoms with Crippen molar-refractivity contribution in [2.45, 2.75) is 8.42 Å². The Morgan fingerprint density at radius 2 is 1.14 bits per heavy atom. The fraction of sp³-hybridized carbons (Fsp3) is 0. The minimum atomic E-state index is -1.08. The number of rotatable bonds is 4. The van der Waals surface area contributed by atoms with E-state index >= 15 is 0 Å². The van der Waals surface area contributed by atoms with Gasteiger partial charge in [-0.1, -0.05) is 12.1 Å². The Morgan fingerprint density at radius 1 is 0.636 bits per heavy atom. The lowest BCUT2D eigenvalue weighted by molar-refractivity contribution is 0.686. The highest BCUT2D eigenvalue weighted by molar-refractivity contribution is 7.89. The molecule has 0 saturated heterocycles. The Bertz CT molecular complexity index is 822. The van der Waals surface area contributed by atoms with Gasteiger partial charge in [0, 0.05) is 19.5 Å². The van der Waals surface area contributed by atoms with Crippen molar-refractivity contribution in [3.05, 3.63) is 59.3 Å². The maximum absolute atomic E-state index is 12.8. The highest BCUT2D eigenvalue weighted by atomic mass is 32.2. The van der Waals surface area contributed by atoms with E-state index in [-0.39, 0.29) is 0 Å². The van der Waals surface area contributed by atoms with Crippen molar-refractivity contribution in [1.29, 1.82) is 0 Å². The van der Waals surface area contributed by atoms with Crippen molar-refractivity contribution in [2.24, 2.45) is 0 Å². The standard InChI is InChI=1S/C16H10OS5/c17-22(15-7-5-13(20-15)11-3-1-9-18-11)16-8-6-14(21-16)12-4-2-10-19-12/h1-10H. The van der Waals surface area contributed by atoms with Gasteiger partial charge in [0.1, 0.15) is 10.8 Å². The molecule has 110 valence electrons. The smallest absolute Gasteiger partial charge is 0.105 e. The Morgan fingerprint density at radius 3 is 1.55 bits per heavy atom. The van der Waals surface area contributed by atoms with E-state index < -0.39 is 10.8 Å². The molecule has 0 aliphatic rings. The van der Waals surface area contributed by atoms with E-state index in [0.29, 0.717) is 0 Å². The van der Waals surface area contributed by atoms with Crippen molar-refractivity contribution in [3.8, 4) is 19.5 Å². The van der Waals surface area contributed by atoms with Crippen LogP contribution in [-0.2, 0) is 10.8 Å². The summed E-state index contributed by atoms with van der Waals surface area (Å²) in [5.74, 6) is 0. The molecule has 0 N–H and O–H groups in total. The molecule has 0 fully saturated rings. The zero-order chi connectivity index (χ0) is 14.9. The lowest BCUT2D eigenvalue weighted by Gasteiger charge is -1.94. The maximum Gasteiger partial charge on any atom is 0.105 e. The van der Waals surface area contributed by atoms with Gasteiger partial charge in [-0.3, -0.25) is 0 Å². The van der Waals surface area contributed by atoms with Crippen molar-refractivity contribution in [2.75, 3.05) is 0 Å². The van der Waals surface area contributed by atoms with Crippen LogP contribution in [0.2, 0.25) is 0 Å². The number of thiophene rings is 4. The summed E-state index contributed by atoms with van der Waals surface area (Å²) in [7, 11) is -1.08. The lowest BCUT2D eigenvalue weighted by Crippen LogP contribution is -1.83. The molecule has 0 unspecified atom stereocenters. The SMILES string of the molecule is O=S(c1ccc(-c2cccs2)s1)c1ccc(-c2cccs2)s1. The molecule has 22 heavy (non-hydrogen) atoms. The molecule has 0 aliphatic heterocycles. The largest absolute Gasteiger partial charge is 0.247 e. The summed E-state index contributed by atoms with van der Waals surface area (Å²) in [5.41, 5.74) is 0. The van der Waals surface area contributed by atoms with E-state index in [4.69, 9.17) is 0 Å². The molecule has 0 amide bonds. The van der Waals surface area contributed by atoms with Gasteiger partial charge < -0.3 is 0 Å². The third kappa shape index (κ3) is 2.77. The van der Waals surface area contributed by atoms with Crippen LogP contribution in [-0.4, -0.2) is 4.21 Å². The summed E-state index contributed by atoms with van der Waals surface area (Å²) < 4.78 is 14.6. The molecule has 4 rings (SSSR count). The van der Waals surface area contributed by atoms with E-state index in [1.54, 1.807) is 45.3 Å². The molecule has 0 aliphatic carbocycles. The lowest BCUT2D eigenvalue weighted by atomic mass is 10.4. The summed E-state index contributed by atoms with van der Waals surface area (Å²) in [6.45, 7) is 0. The van der Waals surface area contributed by atoms with Crippen LogP contribution in [0.1, 0.15) is 0 Å². The van der Waals surface area contributed by atoms with Crippen molar-refractivity contribution >= 4 is 56.1 Å². The average Bonchev–Trinajstić information content (AvgIpc) is 3.35. The first kappa shape index (κ1) is 14.5. The molecule has 0 radical (unpaired) electrons. The van der Waals surface area contributed by atoms with Crippen molar-refractivity contribution in [3.63, 3.8) is 0 Å². The van der Waals surface area contributed by atoms with Crippen molar-refractivity contribution in [1.82, 2.24) is 0 Å². The normalized spacial score (nSPS) is 11.3.